The van der Waals surface area contributed by atoms with Crippen molar-refractivity contribution in [3.05, 3.63) is 42.5 Å². The van der Waals surface area contributed by atoms with Gasteiger partial charge in [-0.1, -0.05) is 35.5 Å². The first-order chi connectivity index (χ1) is 10.0. The Morgan fingerprint density at radius 3 is 2.57 bits per heavy atom. The first-order valence-electron chi connectivity index (χ1n) is 7.00. The minimum absolute atomic E-state index is 0.303. The molecule has 2 rings (SSSR count). The van der Waals surface area contributed by atoms with Gasteiger partial charge in [-0.2, -0.15) is 0 Å². The Kier molecular flexibility index (Phi) is 5.84. The van der Waals surface area contributed by atoms with E-state index in [1.165, 1.54) is 17.3 Å². The van der Waals surface area contributed by atoms with Gasteiger partial charge in [-0.15, -0.1) is 6.58 Å². The van der Waals surface area contributed by atoms with Crippen LogP contribution < -0.4 is 0 Å². The van der Waals surface area contributed by atoms with E-state index in [2.05, 4.69) is 6.58 Å². The van der Waals surface area contributed by atoms with Gasteiger partial charge in [0, 0.05) is 4.90 Å². The maximum atomic E-state index is 10.2. The molecule has 1 aromatic rings. The monoisotopic (exact) mass is 310 g/mol. The molecule has 1 aromatic carbocycles. The van der Waals surface area contributed by atoms with Crippen LogP contribution in [-0.4, -0.2) is 46.7 Å². The van der Waals surface area contributed by atoms with Gasteiger partial charge in [-0.25, -0.2) is 0 Å². The van der Waals surface area contributed by atoms with E-state index in [0.29, 0.717) is 6.61 Å². The molecule has 1 aliphatic heterocycles. The summed E-state index contributed by atoms with van der Waals surface area (Å²) in [7, 11) is 0. The molecule has 0 radical (unpaired) electrons. The number of rotatable bonds is 5. The van der Waals surface area contributed by atoms with E-state index < -0.39 is 24.4 Å². The van der Waals surface area contributed by atoms with E-state index in [-0.39, 0.29) is 5.44 Å². The third-order valence-corrected chi connectivity index (χ3v) is 4.62. The Labute approximate surface area is 129 Å². The van der Waals surface area contributed by atoms with Crippen molar-refractivity contribution in [1.82, 2.24) is 0 Å². The molecule has 21 heavy (non-hydrogen) atoms. The van der Waals surface area contributed by atoms with Gasteiger partial charge < -0.3 is 19.7 Å². The lowest BCUT2D eigenvalue weighted by Gasteiger charge is -2.41. The molecule has 4 nitrogen and oxygen atoms in total. The molecule has 0 amide bonds. The minimum Gasteiger partial charge on any atom is -0.388 e. The summed E-state index contributed by atoms with van der Waals surface area (Å²) in [5.74, 6) is 0. The lowest BCUT2D eigenvalue weighted by molar-refractivity contribution is -0.204. The van der Waals surface area contributed by atoms with E-state index in [1.54, 1.807) is 13.0 Å². The zero-order chi connectivity index (χ0) is 15.4. The fourth-order valence-corrected chi connectivity index (χ4v) is 3.37. The van der Waals surface area contributed by atoms with Crippen LogP contribution in [0.2, 0.25) is 0 Å². The van der Waals surface area contributed by atoms with Crippen LogP contribution in [0.5, 0.6) is 0 Å². The Balaban J connectivity index is 2.12. The lowest BCUT2D eigenvalue weighted by Crippen LogP contribution is -2.56. The lowest BCUT2D eigenvalue weighted by atomic mass is 10.0. The van der Waals surface area contributed by atoms with Gasteiger partial charge in [0.1, 0.15) is 23.7 Å². The van der Waals surface area contributed by atoms with Crippen molar-refractivity contribution in [3.63, 3.8) is 0 Å². The number of benzene rings is 1. The second-order valence-electron chi connectivity index (χ2n) is 5.21. The first-order valence-corrected chi connectivity index (χ1v) is 7.88. The van der Waals surface area contributed by atoms with Crippen molar-refractivity contribution in [2.24, 2.45) is 0 Å². The van der Waals surface area contributed by atoms with Crippen LogP contribution in [0, 0.1) is 6.92 Å². The van der Waals surface area contributed by atoms with E-state index in [9.17, 15) is 10.2 Å². The van der Waals surface area contributed by atoms with Crippen molar-refractivity contribution >= 4 is 11.8 Å². The van der Waals surface area contributed by atoms with Gasteiger partial charge in [0.15, 0.2) is 0 Å². The summed E-state index contributed by atoms with van der Waals surface area (Å²) in [5, 5.41) is 20.2. The Morgan fingerprint density at radius 1 is 1.29 bits per heavy atom. The fraction of sp³-hybridized carbons (Fsp3) is 0.500. The third-order valence-electron chi connectivity index (χ3n) is 3.46. The standard InChI is InChI=1S/C16H22O4S/c1-4-9-19-15-14(18)13(17)11(3)20-16(15)21-12-7-5-10(2)6-8-12/h4-8,11,13-18H,1,9H2,2-3H3/t11-,13+,14+,15-,16+/m0/s1. The third kappa shape index (κ3) is 4.08. The van der Waals surface area contributed by atoms with Gasteiger partial charge in [-0.05, 0) is 26.0 Å². The Hall–Kier alpha value is -0.850. The summed E-state index contributed by atoms with van der Waals surface area (Å²) in [4.78, 5) is 1.04. The van der Waals surface area contributed by atoms with Crippen molar-refractivity contribution in [2.45, 2.75) is 48.6 Å². The summed E-state index contributed by atoms with van der Waals surface area (Å²) < 4.78 is 11.4. The van der Waals surface area contributed by atoms with Gasteiger partial charge in [0.2, 0.25) is 0 Å². The SMILES string of the molecule is C=CCO[C@H]1[C@H](O)[C@H](O)[C@H](C)O[C@@H]1Sc1ccc(C)cc1. The minimum atomic E-state index is -0.975. The topological polar surface area (TPSA) is 58.9 Å². The number of ether oxygens (including phenoxy) is 2. The van der Waals surface area contributed by atoms with Crippen LogP contribution >= 0.6 is 11.8 Å². The van der Waals surface area contributed by atoms with Gasteiger partial charge in [-0.3, -0.25) is 0 Å². The summed E-state index contributed by atoms with van der Waals surface area (Å²) >= 11 is 1.49. The molecule has 2 N–H and O–H groups in total. The molecule has 1 aliphatic rings. The number of aliphatic hydroxyl groups excluding tert-OH is 2. The fourth-order valence-electron chi connectivity index (χ4n) is 2.20. The average Bonchev–Trinajstić information content (AvgIpc) is 2.47. The molecule has 1 saturated heterocycles. The number of hydrogen-bond acceptors (Lipinski definition) is 5. The molecule has 0 spiro atoms. The number of hydrogen-bond donors (Lipinski definition) is 2. The van der Waals surface area contributed by atoms with Crippen LogP contribution in [0.25, 0.3) is 0 Å². The molecule has 0 aliphatic carbocycles. The van der Waals surface area contributed by atoms with Crippen molar-refractivity contribution < 1.29 is 19.7 Å². The highest BCUT2D eigenvalue weighted by Gasteiger charge is 2.43. The highest BCUT2D eigenvalue weighted by molar-refractivity contribution is 7.99. The highest BCUT2D eigenvalue weighted by atomic mass is 32.2. The summed E-state index contributed by atoms with van der Waals surface area (Å²) in [5.41, 5.74) is 0.813. The molecule has 5 atom stereocenters. The average molecular weight is 310 g/mol. The highest BCUT2D eigenvalue weighted by Crippen LogP contribution is 2.34. The summed E-state index contributed by atoms with van der Waals surface area (Å²) in [6.45, 7) is 7.69. The Bertz CT molecular complexity index is 462. The molecule has 0 unspecified atom stereocenters. The molecule has 116 valence electrons. The van der Waals surface area contributed by atoms with Gasteiger partial charge in [0.25, 0.3) is 0 Å². The predicted molar refractivity (Wildman–Crippen MR) is 83.3 cm³/mol. The largest absolute Gasteiger partial charge is 0.388 e. The van der Waals surface area contributed by atoms with E-state index in [0.717, 1.165) is 4.90 Å². The van der Waals surface area contributed by atoms with E-state index in [1.807, 2.05) is 31.2 Å². The molecule has 0 aromatic heterocycles. The summed E-state index contributed by atoms with van der Waals surface area (Å²) in [6.07, 6.45) is -1.34. The summed E-state index contributed by atoms with van der Waals surface area (Å²) in [6, 6.07) is 8.07. The number of thioether (sulfide) groups is 1. The molecule has 1 fully saturated rings. The first kappa shape index (κ1) is 16.5. The maximum absolute atomic E-state index is 10.2. The van der Waals surface area contributed by atoms with E-state index >= 15 is 0 Å². The molecule has 5 heteroatoms. The van der Waals surface area contributed by atoms with Crippen molar-refractivity contribution in [1.29, 1.82) is 0 Å². The van der Waals surface area contributed by atoms with Crippen LogP contribution in [-0.2, 0) is 9.47 Å². The quantitative estimate of drug-likeness (QED) is 0.816. The van der Waals surface area contributed by atoms with Crippen molar-refractivity contribution in [2.75, 3.05) is 6.61 Å². The molecule has 0 saturated carbocycles. The van der Waals surface area contributed by atoms with Gasteiger partial charge in [0.05, 0.1) is 12.7 Å². The van der Waals surface area contributed by atoms with Crippen LogP contribution in [0.4, 0.5) is 0 Å². The second-order valence-corrected chi connectivity index (χ2v) is 6.38. The Morgan fingerprint density at radius 2 is 1.95 bits per heavy atom. The molecular formula is C16H22O4S. The van der Waals surface area contributed by atoms with Crippen LogP contribution in [0.3, 0.4) is 0 Å². The molecule has 0 bridgehead atoms. The van der Waals surface area contributed by atoms with Crippen LogP contribution in [0.1, 0.15) is 12.5 Å². The number of aryl methyl sites for hydroxylation is 1. The number of aliphatic hydroxyl groups is 2. The molecule has 1 heterocycles. The maximum Gasteiger partial charge on any atom is 0.136 e. The second kappa shape index (κ2) is 7.42. The van der Waals surface area contributed by atoms with E-state index in [4.69, 9.17) is 9.47 Å². The zero-order valence-corrected chi connectivity index (χ0v) is 13.1. The van der Waals surface area contributed by atoms with Crippen molar-refractivity contribution in [3.8, 4) is 0 Å². The smallest absolute Gasteiger partial charge is 0.136 e. The van der Waals surface area contributed by atoms with Crippen LogP contribution in [0.15, 0.2) is 41.8 Å². The normalized spacial score (nSPS) is 32.9. The predicted octanol–water partition coefficient (Wildman–Crippen LogP) is 2.12. The molecular weight excluding hydrogens is 288 g/mol. The zero-order valence-electron chi connectivity index (χ0n) is 12.3. The van der Waals surface area contributed by atoms with Gasteiger partial charge >= 0.3 is 0 Å².